The fourth-order valence-corrected chi connectivity index (χ4v) is 5.58. The van der Waals surface area contributed by atoms with Gasteiger partial charge in [0.15, 0.2) is 11.6 Å². The number of nitro groups is 2. The summed E-state index contributed by atoms with van der Waals surface area (Å²) in [6.07, 6.45) is -0.426. The van der Waals surface area contributed by atoms with Crippen molar-refractivity contribution in [1.82, 2.24) is 0 Å². The van der Waals surface area contributed by atoms with Crippen molar-refractivity contribution in [2.75, 3.05) is 0 Å². The Balaban J connectivity index is 1.69. The Morgan fingerprint density at radius 1 is 0.590 bits per heavy atom. The topological polar surface area (TPSA) is 155 Å². The van der Waals surface area contributed by atoms with E-state index in [1.54, 1.807) is 60.7 Å². The number of nitro benzene ring substituents is 2. The monoisotopic (exact) mass is 544 g/mol. The Morgan fingerprint density at radius 3 is 1.28 bits per heavy atom. The zero-order valence-corrected chi connectivity index (χ0v) is 21.0. The van der Waals surface area contributed by atoms with Crippen molar-refractivity contribution in [3.8, 4) is 0 Å². The van der Waals surface area contributed by atoms with Gasteiger partial charge in [0.2, 0.25) is 9.84 Å². The molecular formula is C28H20N2O8S. The molecule has 0 bridgehead atoms. The molecule has 0 aliphatic rings. The van der Waals surface area contributed by atoms with E-state index in [0.29, 0.717) is 11.1 Å². The number of rotatable bonds is 10. The van der Waals surface area contributed by atoms with Crippen molar-refractivity contribution in [3.05, 3.63) is 140 Å². The van der Waals surface area contributed by atoms with Gasteiger partial charge in [-0.1, -0.05) is 72.8 Å². The van der Waals surface area contributed by atoms with Crippen molar-refractivity contribution < 1.29 is 27.9 Å². The third-order valence-electron chi connectivity index (χ3n) is 5.94. The van der Waals surface area contributed by atoms with Crippen molar-refractivity contribution in [2.45, 2.75) is 22.6 Å². The zero-order valence-electron chi connectivity index (χ0n) is 20.2. The zero-order chi connectivity index (χ0) is 28.2. The van der Waals surface area contributed by atoms with Crippen LogP contribution in [0.5, 0.6) is 0 Å². The van der Waals surface area contributed by atoms with Crippen molar-refractivity contribution in [1.29, 1.82) is 0 Å². The van der Waals surface area contributed by atoms with Gasteiger partial charge in [0.25, 0.3) is 11.4 Å². The van der Waals surface area contributed by atoms with Gasteiger partial charge in [-0.2, -0.15) is 0 Å². The van der Waals surface area contributed by atoms with E-state index in [4.69, 9.17) is 0 Å². The SMILES string of the molecule is O=C(Cc1ccc(S(=O)(=O)c2ccc(CC(=O)c3ccccc3)cc2[N+](=O)[O-])c([N+](=O)[O-])c1)c1ccccc1. The fraction of sp³-hybridized carbons (Fsp3) is 0.0714. The van der Waals surface area contributed by atoms with Crippen LogP contribution in [0.25, 0.3) is 0 Å². The minimum Gasteiger partial charge on any atom is -0.294 e. The molecule has 0 aliphatic carbocycles. The summed E-state index contributed by atoms with van der Waals surface area (Å²) in [5.74, 6) is -0.645. The molecular weight excluding hydrogens is 524 g/mol. The summed E-state index contributed by atoms with van der Waals surface area (Å²) in [5.41, 5.74) is -0.439. The highest BCUT2D eigenvalue weighted by atomic mass is 32.2. The lowest BCUT2D eigenvalue weighted by Gasteiger charge is -2.09. The number of hydrogen-bond acceptors (Lipinski definition) is 8. The summed E-state index contributed by atoms with van der Waals surface area (Å²) in [5, 5.41) is 23.6. The molecule has 39 heavy (non-hydrogen) atoms. The maximum absolute atomic E-state index is 13.5. The van der Waals surface area contributed by atoms with Crippen molar-refractivity contribution in [2.24, 2.45) is 0 Å². The molecule has 0 aliphatic heterocycles. The largest absolute Gasteiger partial charge is 0.294 e. The maximum Gasteiger partial charge on any atom is 0.288 e. The molecule has 4 aromatic rings. The second-order valence-electron chi connectivity index (χ2n) is 8.55. The summed E-state index contributed by atoms with van der Waals surface area (Å²) in [6, 6.07) is 22.9. The maximum atomic E-state index is 13.5. The van der Waals surface area contributed by atoms with E-state index in [1.165, 1.54) is 12.1 Å². The predicted molar refractivity (Wildman–Crippen MR) is 141 cm³/mol. The van der Waals surface area contributed by atoms with Crippen LogP contribution in [0.4, 0.5) is 11.4 Å². The van der Waals surface area contributed by atoms with Gasteiger partial charge in [0, 0.05) is 36.1 Å². The Hall–Kier alpha value is -5.03. The number of carbonyl (C=O) groups excluding carboxylic acids is 2. The number of carbonyl (C=O) groups is 2. The summed E-state index contributed by atoms with van der Waals surface area (Å²) >= 11 is 0. The smallest absolute Gasteiger partial charge is 0.288 e. The van der Waals surface area contributed by atoms with E-state index in [1.807, 2.05) is 0 Å². The summed E-state index contributed by atoms with van der Waals surface area (Å²) < 4.78 is 26.9. The molecule has 0 N–H and O–H groups in total. The van der Waals surface area contributed by atoms with Crippen molar-refractivity contribution in [3.63, 3.8) is 0 Å². The Kier molecular flexibility index (Phi) is 7.73. The average molecular weight is 545 g/mol. The lowest BCUT2D eigenvalue weighted by Crippen LogP contribution is -2.11. The van der Waals surface area contributed by atoms with Gasteiger partial charge in [-0.15, -0.1) is 0 Å². The van der Waals surface area contributed by atoms with Gasteiger partial charge in [0.05, 0.1) is 9.85 Å². The molecule has 0 fully saturated rings. The summed E-state index contributed by atoms with van der Waals surface area (Å²) in [6.45, 7) is 0. The Morgan fingerprint density at radius 2 is 0.949 bits per heavy atom. The van der Waals surface area contributed by atoms with Crippen LogP contribution in [0.3, 0.4) is 0 Å². The molecule has 0 saturated carbocycles. The van der Waals surface area contributed by atoms with Gasteiger partial charge in [-0.3, -0.25) is 29.8 Å². The van der Waals surface area contributed by atoms with E-state index in [9.17, 15) is 38.2 Å². The highest BCUT2D eigenvalue weighted by Crippen LogP contribution is 2.35. The molecule has 0 saturated heterocycles. The number of hydrogen-bond donors (Lipinski definition) is 0. The second kappa shape index (κ2) is 11.2. The van der Waals surface area contributed by atoms with Crippen LogP contribution in [0.2, 0.25) is 0 Å². The predicted octanol–water partition coefficient (Wildman–Crippen LogP) is 5.19. The first-order chi connectivity index (χ1) is 18.6. The van der Waals surface area contributed by atoms with Gasteiger partial charge in [-0.05, 0) is 23.3 Å². The molecule has 11 heteroatoms. The Labute approximate surface area is 222 Å². The van der Waals surface area contributed by atoms with Crippen LogP contribution in [-0.2, 0) is 22.7 Å². The van der Waals surface area contributed by atoms with E-state index in [-0.39, 0.29) is 35.5 Å². The molecule has 4 rings (SSSR count). The number of Topliss-reactive ketones (excluding diaryl/α,β-unsaturated/α-hetero) is 2. The highest BCUT2D eigenvalue weighted by Gasteiger charge is 2.34. The van der Waals surface area contributed by atoms with Crippen LogP contribution in [0.1, 0.15) is 31.8 Å². The fourth-order valence-electron chi connectivity index (χ4n) is 4.03. The molecule has 0 spiro atoms. The van der Waals surface area contributed by atoms with E-state index >= 15 is 0 Å². The van der Waals surface area contributed by atoms with Crippen LogP contribution in [0, 0.1) is 20.2 Å². The van der Waals surface area contributed by atoms with E-state index in [2.05, 4.69) is 0 Å². The third kappa shape index (κ3) is 5.94. The van der Waals surface area contributed by atoms with Crippen LogP contribution < -0.4 is 0 Å². The number of sulfone groups is 1. The van der Waals surface area contributed by atoms with Crippen molar-refractivity contribution >= 4 is 32.8 Å². The first-order valence-corrected chi connectivity index (χ1v) is 13.0. The van der Waals surface area contributed by atoms with Gasteiger partial charge < -0.3 is 0 Å². The molecule has 0 unspecified atom stereocenters. The molecule has 4 aromatic carbocycles. The molecule has 0 heterocycles. The first kappa shape index (κ1) is 27.0. The minimum atomic E-state index is -4.74. The van der Waals surface area contributed by atoms with E-state index < -0.39 is 40.8 Å². The van der Waals surface area contributed by atoms with Gasteiger partial charge in [-0.25, -0.2) is 8.42 Å². The standard InChI is InChI=1S/C28H20N2O8S/c31-25(21-7-3-1-4-8-21)17-19-11-13-27(23(15-19)29(33)34)39(37,38)28-14-12-20(16-24(28)30(35)36)18-26(32)22-9-5-2-6-10-22/h1-16H,17-18H2. The molecule has 0 aromatic heterocycles. The second-order valence-corrected chi connectivity index (χ2v) is 10.4. The van der Waals surface area contributed by atoms with Crippen LogP contribution in [-0.4, -0.2) is 29.8 Å². The molecule has 196 valence electrons. The lowest BCUT2D eigenvalue weighted by atomic mass is 10.0. The minimum absolute atomic E-state index is 0.207. The van der Waals surface area contributed by atoms with E-state index in [0.717, 1.165) is 24.3 Å². The highest BCUT2D eigenvalue weighted by molar-refractivity contribution is 7.91. The first-order valence-electron chi connectivity index (χ1n) is 11.5. The molecule has 0 amide bonds. The normalized spacial score (nSPS) is 11.1. The number of nitrogens with zero attached hydrogens (tertiary/aromatic N) is 2. The van der Waals surface area contributed by atoms with Crippen LogP contribution in [0.15, 0.2) is 107 Å². The Bertz CT molecular complexity index is 1580. The lowest BCUT2D eigenvalue weighted by molar-refractivity contribution is -0.388. The number of ketones is 2. The molecule has 10 nitrogen and oxygen atoms in total. The number of benzene rings is 4. The third-order valence-corrected chi connectivity index (χ3v) is 7.79. The summed E-state index contributed by atoms with van der Waals surface area (Å²) in [4.78, 5) is 45.4. The van der Waals surface area contributed by atoms with Crippen LogP contribution >= 0.6 is 0 Å². The van der Waals surface area contributed by atoms with Gasteiger partial charge >= 0.3 is 0 Å². The quantitative estimate of drug-likeness (QED) is 0.150. The molecule has 0 atom stereocenters. The summed E-state index contributed by atoms with van der Waals surface area (Å²) in [7, 11) is -4.74. The average Bonchev–Trinajstić information content (AvgIpc) is 2.93. The molecule has 0 radical (unpaired) electrons. The van der Waals surface area contributed by atoms with Gasteiger partial charge in [0.1, 0.15) is 9.79 Å².